The molecule has 6 heteroatoms. The van der Waals surface area contributed by atoms with Gasteiger partial charge in [-0.15, -0.1) is 0 Å². The Hall–Kier alpha value is -1.30. The second kappa shape index (κ2) is 5.56. The molecule has 1 saturated carbocycles. The smallest absolute Gasteiger partial charge is 0.233 e. The summed E-state index contributed by atoms with van der Waals surface area (Å²) < 4.78 is 26.5. The van der Waals surface area contributed by atoms with Crippen LogP contribution in [0.4, 0.5) is 11.5 Å². The molecule has 0 atom stereocenters. The van der Waals surface area contributed by atoms with E-state index in [1.54, 1.807) is 12.1 Å². The maximum absolute atomic E-state index is 12.0. The zero-order valence-corrected chi connectivity index (χ0v) is 11.1. The van der Waals surface area contributed by atoms with Crippen molar-refractivity contribution in [3.63, 3.8) is 0 Å². The Morgan fingerprint density at radius 1 is 1.28 bits per heavy atom. The van der Waals surface area contributed by atoms with E-state index < -0.39 is 10.0 Å². The van der Waals surface area contributed by atoms with Gasteiger partial charge < -0.3 is 5.73 Å². The lowest BCUT2D eigenvalue weighted by Gasteiger charge is -2.21. The normalized spacial score (nSPS) is 17.6. The fraction of sp³-hybridized carbons (Fsp3) is 0.583. The van der Waals surface area contributed by atoms with E-state index in [2.05, 4.69) is 9.71 Å². The van der Waals surface area contributed by atoms with E-state index >= 15 is 0 Å². The minimum atomic E-state index is -3.28. The fourth-order valence-electron chi connectivity index (χ4n) is 2.35. The number of hydrogen-bond acceptors (Lipinski definition) is 4. The third-order valence-corrected chi connectivity index (χ3v) is 4.70. The summed E-state index contributed by atoms with van der Waals surface area (Å²) in [7, 11) is -3.28. The lowest BCUT2D eigenvalue weighted by molar-refractivity contribution is 0.385. The molecule has 1 aromatic heterocycles. The Morgan fingerprint density at radius 2 is 2.00 bits per heavy atom. The molecule has 0 bridgehead atoms. The standard InChI is InChI=1S/C12H19N3O2S/c13-12-7-6-11(8-14-12)15-18(16,17)9-10-4-2-1-3-5-10/h6-8,10,15H,1-5,9H2,(H2,13,14). The SMILES string of the molecule is Nc1ccc(NS(=O)(=O)CC2CCCCC2)cn1. The van der Waals surface area contributed by atoms with Gasteiger partial charge in [0.05, 0.1) is 17.6 Å². The zero-order valence-electron chi connectivity index (χ0n) is 10.3. The molecule has 0 unspecified atom stereocenters. The summed E-state index contributed by atoms with van der Waals surface area (Å²) >= 11 is 0. The molecule has 18 heavy (non-hydrogen) atoms. The van der Waals surface area contributed by atoms with E-state index in [1.165, 1.54) is 12.6 Å². The van der Waals surface area contributed by atoms with Crippen molar-refractivity contribution in [1.82, 2.24) is 4.98 Å². The second-order valence-electron chi connectivity index (χ2n) is 4.86. The van der Waals surface area contributed by atoms with E-state index in [1.807, 2.05) is 0 Å². The molecule has 1 fully saturated rings. The van der Waals surface area contributed by atoms with Crippen LogP contribution in [0.3, 0.4) is 0 Å². The molecule has 0 amide bonds. The van der Waals surface area contributed by atoms with Crippen LogP contribution in [0, 0.1) is 5.92 Å². The molecule has 1 aromatic rings. The van der Waals surface area contributed by atoms with Gasteiger partial charge in [0, 0.05) is 0 Å². The number of sulfonamides is 1. The maximum atomic E-state index is 12.0. The van der Waals surface area contributed by atoms with Crippen LogP contribution in [0.5, 0.6) is 0 Å². The molecule has 0 aliphatic heterocycles. The van der Waals surface area contributed by atoms with Crippen molar-refractivity contribution >= 4 is 21.5 Å². The van der Waals surface area contributed by atoms with Gasteiger partial charge in [0.2, 0.25) is 10.0 Å². The minimum absolute atomic E-state index is 0.206. The summed E-state index contributed by atoms with van der Waals surface area (Å²) in [4.78, 5) is 3.86. The first-order chi connectivity index (χ1) is 8.55. The largest absolute Gasteiger partial charge is 0.384 e. The van der Waals surface area contributed by atoms with E-state index in [9.17, 15) is 8.42 Å². The van der Waals surface area contributed by atoms with Crippen LogP contribution in [-0.2, 0) is 10.0 Å². The average molecular weight is 269 g/mol. The molecule has 0 saturated heterocycles. The topological polar surface area (TPSA) is 85.1 Å². The second-order valence-corrected chi connectivity index (χ2v) is 6.63. The van der Waals surface area contributed by atoms with Crippen molar-refractivity contribution in [3.05, 3.63) is 18.3 Å². The minimum Gasteiger partial charge on any atom is -0.384 e. The van der Waals surface area contributed by atoms with Gasteiger partial charge in [0.25, 0.3) is 0 Å². The first-order valence-electron chi connectivity index (χ1n) is 6.27. The number of pyridine rings is 1. The number of nitrogens with one attached hydrogen (secondary N) is 1. The molecule has 3 N–H and O–H groups in total. The van der Waals surface area contributed by atoms with Crippen LogP contribution in [-0.4, -0.2) is 19.2 Å². The van der Waals surface area contributed by atoms with Crippen molar-refractivity contribution in [2.24, 2.45) is 5.92 Å². The zero-order chi connectivity index (χ0) is 13.0. The molecule has 1 heterocycles. The Kier molecular flexibility index (Phi) is 4.06. The number of nitrogens with zero attached hydrogens (tertiary/aromatic N) is 1. The number of nitrogens with two attached hydrogens (primary N) is 1. The number of nitrogen functional groups attached to an aromatic ring is 1. The molecule has 2 rings (SSSR count). The Balaban J connectivity index is 1.96. The third-order valence-electron chi connectivity index (χ3n) is 3.24. The molecule has 0 radical (unpaired) electrons. The van der Waals surface area contributed by atoms with E-state index in [4.69, 9.17) is 5.73 Å². The summed E-state index contributed by atoms with van der Waals surface area (Å²) in [6.45, 7) is 0. The van der Waals surface area contributed by atoms with Gasteiger partial charge in [-0.05, 0) is 30.9 Å². The first kappa shape index (κ1) is 13.1. The summed E-state index contributed by atoms with van der Waals surface area (Å²) in [5.41, 5.74) is 5.92. The summed E-state index contributed by atoms with van der Waals surface area (Å²) in [6.07, 6.45) is 6.98. The van der Waals surface area contributed by atoms with Crippen LogP contribution in [0.15, 0.2) is 18.3 Å². The van der Waals surface area contributed by atoms with Crippen molar-refractivity contribution < 1.29 is 8.42 Å². The lowest BCUT2D eigenvalue weighted by atomic mass is 9.91. The van der Waals surface area contributed by atoms with Crippen LogP contribution in [0.25, 0.3) is 0 Å². The summed E-state index contributed by atoms with van der Waals surface area (Å²) in [5, 5.41) is 0. The quantitative estimate of drug-likeness (QED) is 0.875. The van der Waals surface area contributed by atoms with Gasteiger partial charge in [0.1, 0.15) is 5.82 Å². The summed E-state index contributed by atoms with van der Waals surface area (Å²) in [6, 6.07) is 3.21. The van der Waals surface area contributed by atoms with Crippen molar-refractivity contribution in [2.75, 3.05) is 16.2 Å². The first-order valence-corrected chi connectivity index (χ1v) is 7.92. The highest BCUT2D eigenvalue weighted by molar-refractivity contribution is 7.92. The highest BCUT2D eigenvalue weighted by Gasteiger charge is 2.21. The van der Waals surface area contributed by atoms with E-state index in [0.717, 1.165) is 25.7 Å². The molecule has 0 spiro atoms. The van der Waals surface area contributed by atoms with Crippen LogP contribution >= 0.6 is 0 Å². The van der Waals surface area contributed by atoms with Crippen molar-refractivity contribution in [3.8, 4) is 0 Å². The van der Waals surface area contributed by atoms with Crippen molar-refractivity contribution in [1.29, 1.82) is 0 Å². The maximum Gasteiger partial charge on any atom is 0.233 e. The number of rotatable bonds is 4. The van der Waals surface area contributed by atoms with Crippen molar-refractivity contribution in [2.45, 2.75) is 32.1 Å². The van der Waals surface area contributed by atoms with E-state index in [-0.39, 0.29) is 11.7 Å². The van der Waals surface area contributed by atoms with Gasteiger partial charge in [-0.3, -0.25) is 4.72 Å². The predicted octanol–water partition coefficient (Wildman–Crippen LogP) is 1.99. The fourth-order valence-corrected chi connectivity index (χ4v) is 3.87. The highest BCUT2D eigenvalue weighted by atomic mass is 32.2. The molecule has 5 nitrogen and oxygen atoms in total. The molecule has 1 aliphatic rings. The number of anilines is 2. The molecule has 0 aromatic carbocycles. The van der Waals surface area contributed by atoms with E-state index in [0.29, 0.717) is 11.5 Å². The monoisotopic (exact) mass is 269 g/mol. The predicted molar refractivity (Wildman–Crippen MR) is 72.6 cm³/mol. The Labute approximate surface area is 108 Å². The average Bonchev–Trinajstić information content (AvgIpc) is 2.32. The van der Waals surface area contributed by atoms with Crippen LogP contribution in [0.2, 0.25) is 0 Å². The Bertz CT molecular complexity index is 479. The summed E-state index contributed by atoms with van der Waals surface area (Å²) in [5.74, 6) is 0.875. The molecular weight excluding hydrogens is 250 g/mol. The lowest BCUT2D eigenvalue weighted by Crippen LogP contribution is -2.24. The van der Waals surface area contributed by atoms with Gasteiger partial charge in [0.15, 0.2) is 0 Å². The number of hydrogen-bond donors (Lipinski definition) is 2. The highest BCUT2D eigenvalue weighted by Crippen LogP contribution is 2.25. The molecule has 100 valence electrons. The van der Waals surface area contributed by atoms with Gasteiger partial charge in [-0.2, -0.15) is 0 Å². The van der Waals surface area contributed by atoms with Gasteiger partial charge in [-0.1, -0.05) is 19.3 Å². The van der Waals surface area contributed by atoms with Crippen LogP contribution in [0.1, 0.15) is 32.1 Å². The number of aromatic nitrogens is 1. The van der Waals surface area contributed by atoms with Crippen LogP contribution < -0.4 is 10.5 Å². The molecular formula is C12H19N3O2S. The molecule has 1 aliphatic carbocycles. The van der Waals surface area contributed by atoms with Gasteiger partial charge >= 0.3 is 0 Å². The Morgan fingerprint density at radius 3 is 2.61 bits per heavy atom. The van der Waals surface area contributed by atoms with Gasteiger partial charge in [-0.25, -0.2) is 13.4 Å². The third kappa shape index (κ3) is 3.87.